The minimum absolute atomic E-state index is 0.110. The molecule has 0 aliphatic heterocycles. The maximum atomic E-state index is 12.6. The van der Waals surface area contributed by atoms with Crippen LogP contribution in [0.5, 0.6) is 0 Å². The van der Waals surface area contributed by atoms with Crippen molar-refractivity contribution >= 4 is 11.5 Å². The number of benzene rings is 2. The molecule has 0 heterocycles. The van der Waals surface area contributed by atoms with Crippen molar-refractivity contribution in [2.45, 2.75) is 18.4 Å². The maximum Gasteiger partial charge on any atom is 0.165 e. The van der Waals surface area contributed by atoms with Crippen LogP contribution in [0.25, 0.3) is 0 Å². The zero-order valence-corrected chi connectivity index (χ0v) is 13.2. The lowest BCUT2D eigenvalue weighted by molar-refractivity contribution is -0.116. The molecule has 0 spiro atoms. The Morgan fingerprint density at radius 1 is 1.04 bits per heavy atom. The largest absolute Gasteiger partial charge is 0.379 e. The Balaban J connectivity index is 1.99. The van der Waals surface area contributed by atoms with Crippen LogP contribution in [0.4, 0.5) is 5.69 Å². The fraction of sp³-hybridized carbons (Fsp3) is 0.250. The number of hydrogen-bond donors (Lipinski definition) is 1. The molecule has 1 aliphatic rings. The summed E-state index contributed by atoms with van der Waals surface area (Å²) in [6, 6.07) is 19.9. The third-order valence-corrected chi connectivity index (χ3v) is 4.17. The highest BCUT2D eigenvalue weighted by molar-refractivity contribution is 6.01. The van der Waals surface area contributed by atoms with E-state index in [4.69, 9.17) is 4.74 Å². The van der Waals surface area contributed by atoms with E-state index in [1.807, 2.05) is 73.7 Å². The first-order valence-corrected chi connectivity index (χ1v) is 7.94. The monoisotopic (exact) mass is 307 g/mol. The number of allylic oxidation sites excluding steroid dienone is 1. The van der Waals surface area contributed by atoms with Crippen LogP contribution in [0.2, 0.25) is 0 Å². The Morgan fingerprint density at radius 2 is 1.70 bits per heavy atom. The topological polar surface area (TPSA) is 38.3 Å². The van der Waals surface area contributed by atoms with Crippen LogP contribution >= 0.6 is 0 Å². The Bertz CT molecular complexity index is 681. The average molecular weight is 307 g/mol. The van der Waals surface area contributed by atoms with Crippen molar-refractivity contribution in [3.05, 3.63) is 78.4 Å². The fourth-order valence-corrected chi connectivity index (χ4v) is 3.13. The minimum Gasteiger partial charge on any atom is -0.379 e. The Labute approximate surface area is 137 Å². The molecule has 0 aromatic heterocycles. The fourth-order valence-electron chi connectivity index (χ4n) is 3.13. The normalized spacial score (nSPS) is 23.2. The van der Waals surface area contributed by atoms with E-state index in [-0.39, 0.29) is 11.7 Å². The summed E-state index contributed by atoms with van der Waals surface area (Å²) in [7, 11) is 0. The lowest BCUT2D eigenvalue weighted by Crippen LogP contribution is -2.46. The number of hydrogen-bond acceptors (Lipinski definition) is 3. The van der Waals surface area contributed by atoms with Gasteiger partial charge < -0.3 is 10.1 Å². The van der Waals surface area contributed by atoms with Gasteiger partial charge in [0.15, 0.2) is 5.78 Å². The van der Waals surface area contributed by atoms with Gasteiger partial charge in [-0.15, -0.1) is 0 Å². The van der Waals surface area contributed by atoms with Crippen molar-refractivity contribution in [2.24, 2.45) is 0 Å². The van der Waals surface area contributed by atoms with Crippen molar-refractivity contribution in [1.82, 2.24) is 0 Å². The van der Waals surface area contributed by atoms with Crippen molar-refractivity contribution in [1.29, 1.82) is 0 Å². The predicted molar refractivity (Wildman–Crippen MR) is 92.6 cm³/mol. The van der Waals surface area contributed by atoms with Crippen LogP contribution in [0.3, 0.4) is 0 Å². The van der Waals surface area contributed by atoms with E-state index < -0.39 is 5.54 Å². The van der Waals surface area contributed by atoms with Crippen LogP contribution < -0.4 is 5.32 Å². The van der Waals surface area contributed by atoms with E-state index >= 15 is 0 Å². The molecule has 118 valence electrons. The third kappa shape index (κ3) is 3.20. The maximum absolute atomic E-state index is 12.6. The van der Waals surface area contributed by atoms with E-state index in [0.29, 0.717) is 13.2 Å². The molecule has 2 aromatic carbocycles. The number of rotatable bonds is 6. The average Bonchev–Trinajstić information content (AvgIpc) is 2.91. The van der Waals surface area contributed by atoms with Crippen LogP contribution in [0.15, 0.2) is 72.8 Å². The Kier molecular flexibility index (Phi) is 4.58. The first-order chi connectivity index (χ1) is 11.2. The van der Waals surface area contributed by atoms with Gasteiger partial charge in [0.1, 0.15) is 0 Å². The number of carbonyl (C=O) groups is 1. The lowest BCUT2D eigenvalue weighted by atomic mass is 9.81. The van der Waals surface area contributed by atoms with E-state index in [1.54, 1.807) is 6.08 Å². The summed E-state index contributed by atoms with van der Waals surface area (Å²) in [6.07, 6.45) is 3.63. The SMILES string of the molecule is CCOC[C@@]1(Nc2ccccc2)C=CC(=O)[C@H]1c1ccccc1. The summed E-state index contributed by atoms with van der Waals surface area (Å²) in [4.78, 5) is 12.6. The van der Waals surface area contributed by atoms with Gasteiger partial charge in [0.25, 0.3) is 0 Å². The number of ketones is 1. The number of para-hydroxylation sites is 1. The number of ether oxygens (including phenoxy) is 1. The van der Waals surface area contributed by atoms with Gasteiger partial charge in [-0.05, 0) is 30.7 Å². The van der Waals surface area contributed by atoms with E-state index in [2.05, 4.69) is 5.32 Å². The lowest BCUT2D eigenvalue weighted by Gasteiger charge is -2.35. The quantitative estimate of drug-likeness (QED) is 0.882. The predicted octanol–water partition coefficient (Wildman–Crippen LogP) is 3.80. The molecule has 0 saturated carbocycles. The van der Waals surface area contributed by atoms with Crippen molar-refractivity contribution in [3.8, 4) is 0 Å². The molecular formula is C20H21NO2. The second-order valence-corrected chi connectivity index (χ2v) is 5.75. The molecular weight excluding hydrogens is 286 g/mol. The first kappa shape index (κ1) is 15.5. The Hall–Kier alpha value is -2.39. The molecule has 1 N–H and O–H groups in total. The molecule has 3 nitrogen and oxygen atoms in total. The molecule has 0 fully saturated rings. The highest BCUT2D eigenvalue weighted by Gasteiger charge is 2.45. The summed E-state index contributed by atoms with van der Waals surface area (Å²) in [5.74, 6) is -0.171. The van der Waals surface area contributed by atoms with Crippen molar-refractivity contribution in [2.75, 3.05) is 18.5 Å². The van der Waals surface area contributed by atoms with Gasteiger partial charge >= 0.3 is 0 Å². The van der Waals surface area contributed by atoms with Crippen molar-refractivity contribution in [3.63, 3.8) is 0 Å². The van der Waals surface area contributed by atoms with Gasteiger partial charge in [0.2, 0.25) is 0 Å². The van der Waals surface area contributed by atoms with Gasteiger partial charge in [-0.2, -0.15) is 0 Å². The smallest absolute Gasteiger partial charge is 0.165 e. The molecule has 0 unspecified atom stereocenters. The molecule has 3 heteroatoms. The number of anilines is 1. The molecule has 0 radical (unpaired) electrons. The van der Waals surface area contributed by atoms with E-state index in [1.165, 1.54) is 0 Å². The minimum atomic E-state index is -0.560. The highest BCUT2D eigenvalue weighted by atomic mass is 16.5. The van der Waals surface area contributed by atoms with Crippen LogP contribution in [0.1, 0.15) is 18.4 Å². The highest BCUT2D eigenvalue weighted by Crippen LogP contribution is 2.38. The zero-order chi connectivity index (χ0) is 16.1. The van der Waals surface area contributed by atoms with Gasteiger partial charge in [-0.3, -0.25) is 4.79 Å². The van der Waals surface area contributed by atoms with Crippen LogP contribution in [-0.2, 0) is 9.53 Å². The summed E-state index contributed by atoms with van der Waals surface area (Å²) in [5, 5.41) is 3.54. The second kappa shape index (κ2) is 6.80. The molecule has 0 bridgehead atoms. The summed E-state index contributed by atoms with van der Waals surface area (Å²) in [5.41, 5.74) is 1.42. The van der Waals surface area contributed by atoms with Gasteiger partial charge in [0, 0.05) is 12.3 Å². The van der Waals surface area contributed by atoms with E-state index in [9.17, 15) is 4.79 Å². The third-order valence-electron chi connectivity index (χ3n) is 4.17. The standard InChI is InChI=1S/C20H21NO2/c1-2-23-15-20(21-17-11-7-4-8-12-17)14-13-18(22)19(20)16-9-5-3-6-10-16/h3-14,19,21H,2,15H2,1H3/t19-,20+/m1/s1. The molecule has 2 atom stereocenters. The molecule has 1 aliphatic carbocycles. The number of nitrogens with one attached hydrogen (secondary N) is 1. The zero-order valence-electron chi connectivity index (χ0n) is 13.2. The first-order valence-electron chi connectivity index (χ1n) is 7.94. The molecule has 2 aromatic rings. The second-order valence-electron chi connectivity index (χ2n) is 5.75. The number of carbonyl (C=O) groups excluding carboxylic acids is 1. The van der Waals surface area contributed by atoms with E-state index in [0.717, 1.165) is 11.3 Å². The molecule has 3 rings (SSSR count). The summed E-state index contributed by atoms with van der Waals surface area (Å²) in [6.45, 7) is 3.02. The van der Waals surface area contributed by atoms with Gasteiger partial charge in [-0.25, -0.2) is 0 Å². The summed E-state index contributed by atoms with van der Waals surface area (Å²) < 4.78 is 5.73. The van der Waals surface area contributed by atoms with Crippen LogP contribution in [0, 0.1) is 0 Å². The van der Waals surface area contributed by atoms with Gasteiger partial charge in [0.05, 0.1) is 18.1 Å². The van der Waals surface area contributed by atoms with Crippen molar-refractivity contribution < 1.29 is 9.53 Å². The molecule has 0 saturated heterocycles. The van der Waals surface area contributed by atoms with Crippen LogP contribution in [-0.4, -0.2) is 24.5 Å². The Morgan fingerprint density at radius 3 is 2.35 bits per heavy atom. The molecule has 0 amide bonds. The summed E-state index contributed by atoms with van der Waals surface area (Å²) >= 11 is 0. The molecule has 23 heavy (non-hydrogen) atoms. The van der Waals surface area contributed by atoms with Gasteiger partial charge in [-0.1, -0.05) is 54.6 Å².